The summed E-state index contributed by atoms with van der Waals surface area (Å²) in [6, 6.07) is 9.16. The van der Waals surface area contributed by atoms with E-state index in [-0.39, 0.29) is 24.9 Å². The normalized spacial score (nSPS) is 26.7. The molecule has 3 saturated heterocycles. The molecule has 4 rings (SSSR count). The maximum absolute atomic E-state index is 12.7. The maximum Gasteiger partial charge on any atom is 0.260 e. The number of nitrogens with zero attached hydrogens (tertiary/aromatic N) is 2. The monoisotopic (exact) mass is 394 g/mol. The minimum absolute atomic E-state index is 0.00181. The van der Waals surface area contributed by atoms with Crippen LogP contribution < -0.4 is 4.74 Å². The van der Waals surface area contributed by atoms with Crippen LogP contribution in [0.2, 0.25) is 0 Å². The lowest BCUT2D eigenvalue weighted by atomic mass is 9.95. The summed E-state index contributed by atoms with van der Waals surface area (Å²) in [5.41, 5.74) is -0.733. The number of hydrogen-bond acceptors (Lipinski definition) is 6. The summed E-state index contributed by atoms with van der Waals surface area (Å²) in [5, 5.41) is -0.451. The molecule has 1 amide bonds. The van der Waals surface area contributed by atoms with Gasteiger partial charge in [-0.3, -0.25) is 4.79 Å². The molecule has 1 aromatic carbocycles. The highest BCUT2D eigenvalue weighted by Crippen LogP contribution is 2.33. The summed E-state index contributed by atoms with van der Waals surface area (Å²) in [7, 11) is -3.22. The zero-order valence-electron chi connectivity index (χ0n) is 15.4. The molecular weight excluding hydrogens is 368 g/mol. The van der Waals surface area contributed by atoms with Crippen molar-refractivity contribution in [2.45, 2.75) is 23.7 Å². The Kier molecular flexibility index (Phi) is 5.13. The number of ether oxygens (including phenoxy) is 2. The van der Waals surface area contributed by atoms with Crippen LogP contribution in [-0.4, -0.2) is 86.7 Å². The number of sulfone groups is 1. The highest BCUT2D eigenvalue weighted by atomic mass is 32.2. The van der Waals surface area contributed by atoms with Crippen molar-refractivity contribution in [3.05, 3.63) is 30.3 Å². The van der Waals surface area contributed by atoms with Crippen LogP contribution in [0.15, 0.2) is 30.3 Å². The average molecular weight is 394 g/mol. The molecule has 7 nitrogen and oxygen atoms in total. The fourth-order valence-corrected chi connectivity index (χ4v) is 6.03. The van der Waals surface area contributed by atoms with E-state index in [1.165, 1.54) is 0 Å². The molecule has 3 aliphatic rings. The van der Waals surface area contributed by atoms with E-state index >= 15 is 0 Å². The molecule has 8 heteroatoms. The Bertz CT molecular complexity index is 771. The van der Waals surface area contributed by atoms with E-state index in [1.54, 1.807) is 17.0 Å². The van der Waals surface area contributed by atoms with Gasteiger partial charge < -0.3 is 19.3 Å². The number of para-hydroxylation sites is 1. The lowest BCUT2D eigenvalue weighted by Gasteiger charge is -2.52. The number of carbonyl (C=O) groups is 1. The Hall–Kier alpha value is -1.64. The summed E-state index contributed by atoms with van der Waals surface area (Å²) < 4.78 is 36.9. The Morgan fingerprint density at radius 2 is 1.89 bits per heavy atom. The van der Waals surface area contributed by atoms with E-state index < -0.39 is 20.7 Å². The molecule has 0 saturated carbocycles. The van der Waals surface area contributed by atoms with Crippen molar-refractivity contribution in [3.63, 3.8) is 0 Å². The SMILES string of the molecule is O=C(COc1ccccc1)N1CC2(C1)CS(=O)(=O)[C@@H](CN1CCCC1)CO2. The quantitative estimate of drug-likeness (QED) is 0.726. The molecule has 1 atom stereocenters. The molecular formula is C19H26N2O5S. The first-order valence-corrected chi connectivity index (χ1v) is 11.2. The first-order chi connectivity index (χ1) is 13.0. The van der Waals surface area contributed by atoms with E-state index in [1.807, 2.05) is 18.2 Å². The number of rotatable bonds is 5. The van der Waals surface area contributed by atoms with E-state index in [2.05, 4.69) is 4.90 Å². The van der Waals surface area contributed by atoms with Crippen molar-refractivity contribution in [2.24, 2.45) is 0 Å². The lowest BCUT2D eigenvalue weighted by molar-refractivity contribution is -0.167. The second kappa shape index (κ2) is 7.41. The fourth-order valence-electron chi connectivity index (χ4n) is 4.08. The van der Waals surface area contributed by atoms with Crippen molar-refractivity contribution in [1.29, 1.82) is 0 Å². The van der Waals surface area contributed by atoms with Gasteiger partial charge in [-0.2, -0.15) is 0 Å². The van der Waals surface area contributed by atoms with Gasteiger partial charge in [0.15, 0.2) is 16.4 Å². The molecule has 1 spiro atoms. The predicted octanol–water partition coefficient (Wildman–Crippen LogP) is 0.556. The van der Waals surface area contributed by atoms with Crippen LogP contribution in [0.4, 0.5) is 0 Å². The molecule has 148 valence electrons. The second-order valence-electron chi connectivity index (χ2n) is 7.78. The van der Waals surface area contributed by atoms with Crippen LogP contribution in [0, 0.1) is 0 Å². The van der Waals surface area contributed by atoms with Crippen molar-refractivity contribution >= 4 is 15.7 Å². The van der Waals surface area contributed by atoms with E-state index in [0.717, 1.165) is 25.9 Å². The van der Waals surface area contributed by atoms with Crippen molar-refractivity contribution in [2.75, 3.05) is 51.7 Å². The molecule has 3 heterocycles. The zero-order valence-corrected chi connectivity index (χ0v) is 16.2. The second-order valence-corrected chi connectivity index (χ2v) is 10.1. The lowest BCUT2D eigenvalue weighted by Crippen LogP contribution is -2.71. The van der Waals surface area contributed by atoms with Gasteiger partial charge in [-0.15, -0.1) is 0 Å². The smallest absolute Gasteiger partial charge is 0.260 e. The van der Waals surface area contributed by atoms with Crippen molar-refractivity contribution in [1.82, 2.24) is 9.80 Å². The minimum atomic E-state index is -3.22. The van der Waals surface area contributed by atoms with E-state index in [4.69, 9.17) is 9.47 Å². The maximum atomic E-state index is 12.7. The van der Waals surface area contributed by atoms with Gasteiger partial charge in [0.05, 0.1) is 30.7 Å². The van der Waals surface area contributed by atoms with Crippen LogP contribution in [0.3, 0.4) is 0 Å². The minimum Gasteiger partial charge on any atom is -0.484 e. The summed E-state index contributed by atoms with van der Waals surface area (Å²) in [4.78, 5) is 16.1. The number of amides is 1. The highest BCUT2D eigenvalue weighted by molar-refractivity contribution is 7.92. The van der Waals surface area contributed by atoms with E-state index in [0.29, 0.717) is 25.4 Å². The Balaban J connectivity index is 1.27. The zero-order chi connectivity index (χ0) is 18.9. The Morgan fingerprint density at radius 1 is 1.19 bits per heavy atom. The fraction of sp³-hybridized carbons (Fsp3) is 0.632. The van der Waals surface area contributed by atoms with Gasteiger partial charge in [0.1, 0.15) is 11.4 Å². The van der Waals surface area contributed by atoms with Gasteiger partial charge >= 0.3 is 0 Å². The van der Waals surface area contributed by atoms with Crippen LogP contribution in [0.25, 0.3) is 0 Å². The molecule has 0 aromatic heterocycles. The predicted molar refractivity (Wildman–Crippen MR) is 100 cm³/mol. The van der Waals surface area contributed by atoms with Gasteiger partial charge in [0.25, 0.3) is 5.91 Å². The van der Waals surface area contributed by atoms with E-state index in [9.17, 15) is 13.2 Å². The first kappa shape index (κ1) is 18.7. The first-order valence-electron chi connectivity index (χ1n) is 9.49. The molecule has 0 aliphatic carbocycles. The number of carbonyl (C=O) groups excluding carboxylic acids is 1. The third-order valence-electron chi connectivity index (χ3n) is 5.62. The molecule has 0 bridgehead atoms. The van der Waals surface area contributed by atoms with Crippen molar-refractivity contribution in [3.8, 4) is 5.75 Å². The summed E-state index contributed by atoms with van der Waals surface area (Å²) in [6.45, 7) is 3.32. The Morgan fingerprint density at radius 3 is 2.56 bits per heavy atom. The van der Waals surface area contributed by atoms with Crippen LogP contribution >= 0.6 is 0 Å². The topological polar surface area (TPSA) is 76.2 Å². The van der Waals surface area contributed by atoms with Crippen LogP contribution in [0.1, 0.15) is 12.8 Å². The summed E-state index contributed by atoms with van der Waals surface area (Å²) >= 11 is 0. The summed E-state index contributed by atoms with van der Waals surface area (Å²) in [6.07, 6.45) is 2.28. The van der Waals surface area contributed by atoms with Gasteiger partial charge in [0.2, 0.25) is 0 Å². The standard InChI is InChI=1S/C19H26N2O5S/c22-18(12-25-16-6-2-1-3-7-16)21-13-19(14-21)15-27(23,24)17(11-26-19)10-20-8-4-5-9-20/h1-3,6-7,17H,4-5,8-15H2/t17-/m0/s1. The molecule has 3 aliphatic heterocycles. The summed E-state index contributed by atoms with van der Waals surface area (Å²) in [5.74, 6) is 0.494. The largest absolute Gasteiger partial charge is 0.484 e. The molecule has 27 heavy (non-hydrogen) atoms. The molecule has 0 unspecified atom stereocenters. The van der Waals surface area contributed by atoms with Crippen LogP contribution in [-0.2, 0) is 19.4 Å². The molecule has 1 aromatic rings. The van der Waals surface area contributed by atoms with Crippen molar-refractivity contribution < 1.29 is 22.7 Å². The Labute approximate surface area is 160 Å². The third kappa shape index (κ3) is 4.12. The number of benzene rings is 1. The third-order valence-corrected chi connectivity index (χ3v) is 7.85. The van der Waals surface area contributed by atoms with Gasteiger partial charge in [-0.1, -0.05) is 18.2 Å². The van der Waals surface area contributed by atoms with Crippen LogP contribution in [0.5, 0.6) is 5.75 Å². The highest BCUT2D eigenvalue weighted by Gasteiger charge is 2.53. The average Bonchev–Trinajstić information content (AvgIpc) is 3.13. The molecule has 0 N–H and O–H groups in total. The molecule has 0 radical (unpaired) electrons. The number of hydrogen-bond donors (Lipinski definition) is 0. The van der Waals surface area contributed by atoms with Gasteiger partial charge in [-0.25, -0.2) is 8.42 Å². The van der Waals surface area contributed by atoms with Gasteiger partial charge in [-0.05, 0) is 38.1 Å². The molecule has 3 fully saturated rings. The van der Waals surface area contributed by atoms with Gasteiger partial charge in [0, 0.05) is 6.54 Å². The number of likely N-dealkylation sites (tertiary alicyclic amines) is 2.